The van der Waals surface area contributed by atoms with Crippen molar-refractivity contribution in [1.29, 1.82) is 0 Å². The molecule has 0 spiro atoms. The number of benzene rings is 1. The molecular formula is C12H12BrNO2. The van der Waals surface area contributed by atoms with E-state index in [0.29, 0.717) is 11.4 Å². The zero-order valence-corrected chi connectivity index (χ0v) is 10.7. The number of nitrogens with zero attached hydrogens (tertiary/aromatic N) is 1. The second-order valence-corrected chi connectivity index (χ2v) is 4.62. The fourth-order valence-electron chi connectivity index (χ4n) is 1.58. The molecule has 2 aromatic rings. The van der Waals surface area contributed by atoms with Gasteiger partial charge in [-0.2, -0.15) is 0 Å². The highest BCUT2D eigenvalue weighted by molar-refractivity contribution is 9.10. The van der Waals surface area contributed by atoms with E-state index in [2.05, 4.69) is 15.9 Å². The van der Waals surface area contributed by atoms with Gasteiger partial charge in [-0.25, -0.2) is 0 Å². The third-order valence-corrected chi connectivity index (χ3v) is 2.76. The van der Waals surface area contributed by atoms with Crippen LogP contribution in [-0.4, -0.2) is 19.2 Å². The molecule has 0 radical (unpaired) electrons. The molecule has 4 heteroatoms. The van der Waals surface area contributed by atoms with Crippen LogP contribution in [0.1, 0.15) is 0 Å². The Labute approximate surface area is 102 Å². The Morgan fingerprint density at radius 1 is 1.31 bits per heavy atom. The van der Waals surface area contributed by atoms with Gasteiger partial charge in [0.15, 0.2) is 5.75 Å². The van der Waals surface area contributed by atoms with E-state index in [0.717, 1.165) is 10.0 Å². The smallest absolute Gasteiger partial charge is 0.206 e. The van der Waals surface area contributed by atoms with E-state index < -0.39 is 0 Å². The zero-order chi connectivity index (χ0) is 11.7. The van der Waals surface area contributed by atoms with E-state index in [1.165, 1.54) is 6.26 Å². The molecule has 84 valence electrons. The van der Waals surface area contributed by atoms with Crippen molar-refractivity contribution in [3.8, 4) is 16.9 Å². The molecule has 1 heterocycles. The molecule has 0 aliphatic heterocycles. The van der Waals surface area contributed by atoms with Crippen LogP contribution < -0.4 is 4.90 Å². The first-order valence-electron chi connectivity index (χ1n) is 4.83. The van der Waals surface area contributed by atoms with Crippen LogP contribution in [0.3, 0.4) is 0 Å². The molecule has 1 aromatic carbocycles. The van der Waals surface area contributed by atoms with Gasteiger partial charge in [0.1, 0.15) is 6.26 Å². The van der Waals surface area contributed by atoms with Crippen LogP contribution in [0, 0.1) is 0 Å². The maximum Gasteiger partial charge on any atom is 0.206 e. The SMILES string of the molecule is CN(C)c1occ(O)c1-c1cccc(Br)c1. The van der Waals surface area contributed by atoms with Crippen LogP contribution in [0.4, 0.5) is 5.88 Å². The summed E-state index contributed by atoms with van der Waals surface area (Å²) in [5.74, 6) is 0.803. The van der Waals surface area contributed by atoms with Gasteiger partial charge < -0.3 is 14.4 Å². The predicted molar refractivity (Wildman–Crippen MR) is 67.8 cm³/mol. The van der Waals surface area contributed by atoms with Crippen molar-refractivity contribution in [2.45, 2.75) is 0 Å². The van der Waals surface area contributed by atoms with Crippen LogP contribution in [0.25, 0.3) is 11.1 Å². The van der Waals surface area contributed by atoms with E-state index >= 15 is 0 Å². The maximum absolute atomic E-state index is 9.79. The van der Waals surface area contributed by atoms with Crippen molar-refractivity contribution in [3.63, 3.8) is 0 Å². The van der Waals surface area contributed by atoms with E-state index in [9.17, 15) is 5.11 Å². The minimum Gasteiger partial charge on any atom is -0.504 e. The Balaban J connectivity index is 2.59. The molecule has 0 saturated carbocycles. The molecule has 0 bridgehead atoms. The fraction of sp³-hybridized carbons (Fsp3) is 0.167. The summed E-state index contributed by atoms with van der Waals surface area (Å²) < 4.78 is 6.28. The molecule has 0 atom stereocenters. The molecule has 0 aliphatic rings. The normalized spacial score (nSPS) is 10.4. The van der Waals surface area contributed by atoms with E-state index in [1.807, 2.05) is 43.3 Å². The first-order chi connectivity index (χ1) is 7.59. The number of halogens is 1. The highest BCUT2D eigenvalue weighted by Crippen LogP contribution is 2.39. The van der Waals surface area contributed by atoms with Gasteiger partial charge in [0, 0.05) is 18.6 Å². The lowest BCUT2D eigenvalue weighted by Crippen LogP contribution is -2.08. The van der Waals surface area contributed by atoms with Crippen molar-refractivity contribution in [2.75, 3.05) is 19.0 Å². The molecule has 3 nitrogen and oxygen atoms in total. The molecule has 0 amide bonds. The first-order valence-corrected chi connectivity index (χ1v) is 5.62. The number of rotatable bonds is 2. The second kappa shape index (κ2) is 4.22. The summed E-state index contributed by atoms with van der Waals surface area (Å²) in [5.41, 5.74) is 1.63. The highest BCUT2D eigenvalue weighted by atomic mass is 79.9. The fourth-order valence-corrected chi connectivity index (χ4v) is 1.98. The van der Waals surface area contributed by atoms with Crippen LogP contribution in [0.5, 0.6) is 5.75 Å². The summed E-state index contributed by atoms with van der Waals surface area (Å²) in [6.45, 7) is 0. The molecule has 1 N–H and O–H groups in total. The predicted octanol–water partition coefficient (Wildman–Crippen LogP) is 3.48. The van der Waals surface area contributed by atoms with Crippen LogP contribution in [0.2, 0.25) is 0 Å². The van der Waals surface area contributed by atoms with Crippen LogP contribution in [0.15, 0.2) is 39.4 Å². The van der Waals surface area contributed by atoms with E-state index in [-0.39, 0.29) is 5.75 Å². The number of anilines is 1. The lowest BCUT2D eigenvalue weighted by molar-refractivity contribution is 0.459. The minimum absolute atomic E-state index is 0.154. The van der Waals surface area contributed by atoms with Crippen molar-refractivity contribution in [1.82, 2.24) is 0 Å². The van der Waals surface area contributed by atoms with Crippen LogP contribution >= 0.6 is 15.9 Å². The van der Waals surface area contributed by atoms with Crippen molar-refractivity contribution in [2.24, 2.45) is 0 Å². The Bertz CT molecular complexity index is 505. The Hall–Kier alpha value is -1.42. The maximum atomic E-state index is 9.79. The number of hydrogen-bond acceptors (Lipinski definition) is 3. The van der Waals surface area contributed by atoms with Gasteiger partial charge in [-0.15, -0.1) is 0 Å². The number of aromatic hydroxyl groups is 1. The van der Waals surface area contributed by atoms with Gasteiger partial charge in [-0.3, -0.25) is 0 Å². The molecule has 0 saturated heterocycles. The van der Waals surface area contributed by atoms with Gasteiger partial charge >= 0.3 is 0 Å². The quantitative estimate of drug-likeness (QED) is 0.916. The lowest BCUT2D eigenvalue weighted by atomic mass is 10.1. The molecule has 0 fully saturated rings. The second-order valence-electron chi connectivity index (χ2n) is 3.71. The first kappa shape index (κ1) is 11.1. The molecule has 2 rings (SSSR count). The average Bonchev–Trinajstić information content (AvgIpc) is 2.60. The monoisotopic (exact) mass is 281 g/mol. The Morgan fingerprint density at radius 3 is 2.69 bits per heavy atom. The van der Waals surface area contributed by atoms with Gasteiger partial charge in [0.05, 0.1) is 5.56 Å². The van der Waals surface area contributed by atoms with Gasteiger partial charge in [-0.1, -0.05) is 28.1 Å². The van der Waals surface area contributed by atoms with Crippen molar-refractivity contribution >= 4 is 21.8 Å². The zero-order valence-electron chi connectivity index (χ0n) is 9.07. The molecule has 0 unspecified atom stereocenters. The Kier molecular flexibility index (Phi) is 2.92. The third kappa shape index (κ3) is 1.93. The summed E-state index contributed by atoms with van der Waals surface area (Å²) in [5, 5.41) is 9.79. The van der Waals surface area contributed by atoms with E-state index in [4.69, 9.17) is 4.42 Å². The summed E-state index contributed by atoms with van der Waals surface area (Å²) >= 11 is 3.41. The standard InChI is InChI=1S/C12H12BrNO2/c1-14(2)12-11(10(15)7-16-12)8-4-3-5-9(13)6-8/h3-7,15H,1-2H3. The lowest BCUT2D eigenvalue weighted by Gasteiger charge is -2.11. The van der Waals surface area contributed by atoms with Gasteiger partial charge in [0.2, 0.25) is 5.88 Å². The largest absolute Gasteiger partial charge is 0.504 e. The Morgan fingerprint density at radius 2 is 2.06 bits per heavy atom. The van der Waals surface area contributed by atoms with Crippen molar-refractivity contribution in [3.05, 3.63) is 35.0 Å². The molecule has 0 aliphatic carbocycles. The minimum atomic E-state index is 0.154. The van der Waals surface area contributed by atoms with Crippen LogP contribution in [-0.2, 0) is 0 Å². The summed E-state index contributed by atoms with van der Waals surface area (Å²) in [6.07, 6.45) is 1.35. The topological polar surface area (TPSA) is 36.6 Å². The summed E-state index contributed by atoms with van der Waals surface area (Å²) in [6, 6.07) is 7.74. The molecule has 16 heavy (non-hydrogen) atoms. The average molecular weight is 282 g/mol. The molecular weight excluding hydrogens is 270 g/mol. The molecule has 1 aromatic heterocycles. The van der Waals surface area contributed by atoms with E-state index in [1.54, 1.807) is 0 Å². The third-order valence-electron chi connectivity index (χ3n) is 2.27. The highest BCUT2D eigenvalue weighted by Gasteiger charge is 2.16. The van der Waals surface area contributed by atoms with Crippen molar-refractivity contribution < 1.29 is 9.52 Å². The number of furan rings is 1. The number of hydrogen-bond donors (Lipinski definition) is 1. The summed E-state index contributed by atoms with van der Waals surface area (Å²) in [7, 11) is 3.75. The van der Waals surface area contributed by atoms with Gasteiger partial charge in [0.25, 0.3) is 0 Å². The summed E-state index contributed by atoms with van der Waals surface area (Å²) in [4.78, 5) is 1.83. The van der Waals surface area contributed by atoms with Gasteiger partial charge in [-0.05, 0) is 17.7 Å².